The lowest BCUT2D eigenvalue weighted by Crippen LogP contribution is -2.04. The van der Waals surface area contributed by atoms with Crippen LogP contribution in [0.15, 0.2) is 35.1 Å². The predicted molar refractivity (Wildman–Crippen MR) is 84.1 cm³/mol. The standard InChI is InChI=1S/C14H14BrN5O/c1-3-9-7-13(20-14(19-9)16-8-17-20)18-10-4-5-11(15)12(6-10)21-2/h4-8,18H,3H2,1-2H3. The molecule has 0 spiro atoms. The van der Waals surface area contributed by atoms with Crippen LogP contribution in [0.2, 0.25) is 0 Å². The molecule has 0 amide bonds. The van der Waals surface area contributed by atoms with E-state index in [0.29, 0.717) is 5.78 Å². The molecule has 0 saturated heterocycles. The quantitative estimate of drug-likeness (QED) is 0.784. The summed E-state index contributed by atoms with van der Waals surface area (Å²) in [5.41, 5.74) is 1.86. The molecular formula is C14H14BrN5O. The maximum absolute atomic E-state index is 5.31. The number of halogens is 1. The Balaban J connectivity index is 2.03. The first kappa shape index (κ1) is 13.8. The molecule has 0 atom stereocenters. The summed E-state index contributed by atoms with van der Waals surface area (Å²) in [6, 6.07) is 7.78. The first-order valence-electron chi connectivity index (χ1n) is 6.51. The van der Waals surface area contributed by atoms with Gasteiger partial charge in [0.15, 0.2) is 0 Å². The molecular weight excluding hydrogens is 334 g/mol. The molecule has 0 aliphatic heterocycles. The molecule has 0 bridgehead atoms. The molecule has 2 aromatic heterocycles. The molecule has 0 aliphatic carbocycles. The number of benzene rings is 1. The van der Waals surface area contributed by atoms with Crippen LogP contribution in [0.4, 0.5) is 11.5 Å². The van der Waals surface area contributed by atoms with Crippen molar-refractivity contribution in [2.75, 3.05) is 12.4 Å². The highest BCUT2D eigenvalue weighted by Crippen LogP contribution is 2.29. The summed E-state index contributed by atoms with van der Waals surface area (Å²) in [4.78, 5) is 8.57. The zero-order valence-corrected chi connectivity index (χ0v) is 13.3. The van der Waals surface area contributed by atoms with E-state index in [2.05, 4.69) is 43.2 Å². The Morgan fingerprint density at radius 1 is 1.33 bits per heavy atom. The zero-order valence-electron chi connectivity index (χ0n) is 11.7. The molecule has 0 saturated carbocycles. The minimum Gasteiger partial charge on any atom is -0.495 e. The topological polar surface area (TPSA) is 64.3 Å². The number of nitrogens with zero attached hydrogens (tertiary/aromatic N) is 4. The van der Waals surface area contributed by atoms with Crippen LogP contribution in [0, 0.1) is 0 Å². The number of methoxy groups -OCH3 is 1. The Morgan fingerprint density at radius 2 is 2.19 bits per heavy atom. The second-order valence-electron chi connectivity index (χ2n) is 4.43. The minimum absolute atomic E-state index is 0.584. The summed E-state index contributed by atoms with van der Waals surface area (Å²) in [7, 11) is 1.64. The Hall–Kier alpha value is -2.15. The number of aromatic nitrogens is 4. The van der Waals surface area contributed by atoms with E-state index in [1.54, 1.807) is 11.6 Å². The second kappa shape index (κ2) is 5.69. The molecule has 3 aromatic rings. The van der Waals surface area contributed by atoms with Crippen LogP contribution in [-0.4, -0.2) is 26.7 Å². The molecule has 0 fully saturated rings. The maximum Gasteiger partial charge on any atom is 0.254 e. The summed E-state index contributed by atoms with van der Waals surface area (Å²) < 4.78 is 7.89. The Morgan fingerprint density at radius 3 is 2.95 bits per heavy atom. The van der Waals surface area contributed by atoms with Crippen molar-refractivity contribution < 1.29 is 4.74 Å². The van der Waals surface area contributed by atoms with E-state index in [4.69, 9.17) is 4.74 Å². The highest BCUT2D eigenvalue weighted by Gasteiger charge is 2.08. The van der Waals surface area contributed by atoms with Crippen LogP contribution in [-0.2, 0) is 6.42 Å². The summed E-state index contributed by atoms with van der Waals surface area (Å²) in [5, 5.41) is 7.52. The van der Waals surface area contributed by atoms with Gasteiger partial charge in [-0.25, -0.2) is 4.98 Å². The van der Waals surface area contributed by atoms with E-state index >= 15 is 0 Å². The number of aryl methyl sites for hydroxylation is 1. The number of fused-ring (bicyclic) bond motifs is 1. The van der Waals surface area contributed by atoms with E-state index in [0.717, 1.165) is 33.8 Å². The van der Waals surface area contributed by atoms with Gasteiger partial charge in [0.1, 0.15) is 17.9 Å². The second-order valence-corrected chi connectivity index (χ2v) is 5.29. The Bertz CT molecular complexity index is 786. The first-order chi connectivity index (χ1) is 10.2. The van der Waals surface area contributed by atoms with Gasteiger partial charge in [0.05, 0.1) is 11.6 Å². The van der Waals surface area contributed by atoms with Gasteiger partial charge >= 0.3 is 0 Å². The minimum atomic E-state index is 0.584. The zero-order chi connectivity index (χ0) is 14.8. The Labute approximate surface area is 130 Å². The van der Waals surface area contributed by atoms with Gasteiger partial charge in [0.2, 0.25) is 0 Å². The smallest absolute Gasteiger partial charge is 0.254 e. The van der Waals surface area contributed by atoms with E-state index in [1.807, 2.05) is 24.3 Å². The molecule has 0 unspecified atom stereocenters. The Kier molecular flexibility index (Phi) is 3.74. The third-order valence-corrected chi connectivity index (χ3v) is 3.75. The van der Waals surface area contributed by atoms with Crippen molar-refractivity contribution >= 4 is 33.2 Å². The van der Waals surface area contributed by atoms with E-state index in [-0.39, 0.29) is 0 Å². The summed E-state index contributed by atoms with van der Waals surface area (Å²) in [5.74, 6) is 2.17. The molecule has 0 aliphatic rings. The average Bonchev–Trinajstić information content (AvgIpc) is 2.97. The van der Waals surface area contributed by atoms with Gasteiger partial charge in [-0.05, 0) is 34.5 Å². The first-order valence-corrected chi connectivity index (χ1v) is 7.30. The van der Waals surface area contributed by atoms with Crippen LogP contribution in [0.3, 0.4) is 0 Å². The molecule has 108 valence electrons. The lowest BCUT2D eigenvalue weighted by Gasteiger charge is -2.11. The molecule has 7 heteroatoms. The van der Waals surface area contributed by atoms with E-state index in [9.17, 15) is 0 Å². The van der Waals surface area contributed by atoms with Gasteiger partial charge < -0.3 is 10.1 Å². The third-order valence-electron chi connectivity index (χ3n) is 3.09. The van der Waals surface area contributed by atoms with Crippen molar-refractivity contribution in [2.45, 2.75) is 13.3 Å². The summed E-state index contributed by atoms with van der Waals surface area (Å²) in [6.45, 7) is 2.06. The monoisotopic (exact) mass is 347 g/mol. The van der Waals surface area contributed by atoms with Crippen LogP contribution in [0.25, 0.3) is 5.78 Å². The van der Waals surface area contributed by atoms with E-state index in [1.165, 1.54) is 6.33 Å². The highest BCUT2D eigenvalue weighted by molar-refractivity contribution is 9.10. The van der Waals surface area contributed by atoms with Gasteiger partial charge in [-0.3, -0.25) is 0 Å². The van der Waals surface area contributed by atoms with Gasteiger partial charge in [-0.2, -0.15) is 14.6 Å². The lowest BCUT2D eigenvalue weighted by atomic mass is 10.3. The van der Waals surface area contributed by atoms with Crippen LogP contribution in [0.5, 0.6) is 5.75 Å². The van der Waals surface area contributed by atoms with Gasteiger partial charge in [0.25, 0.3) is 5.78 Å². The van der Waals surface area contributed by atoms with Crippen molar-refractivity contribution in [1.29, 1.82) is 0 Å². The van der Waals surface area contributed by atoms with E-state index < -0.39 is 0 Å². The van der Waals surface area contributed by atoms with Crippen LogP contribution in [0.1, 0.15) is 12.6 Å². The van der Waals surface area contributed by atoms with Crippen molar-refractivity contribution in [3.63, 3.8) is 0 Å². The largest absolute Gasteiger partial charge is 0.495 e. The van der Waals surface area contributed by atoms with Gasteiger partial charge in [-0.1, -0.05) is 6.92 Å². The number of nitrogens with one attached hydrogen (secondary N) is 1. The van der Waals surface area contributed by atoms with Crippen molar-refractivity contribution in [2.24, 2.45) is 0 Å². The number of hydrogen-bond acceptors (Lipinski definition) is 5. The van der Waals surface area contributed by atoms with Crippen LogP contribution >= 0.6 is 15.9 Å². The van der Waals surface area contributed by atoms with Gasteiger partial charge in [0, 0.05) is 23.5 Å². The SMILES string of the molecule is CCc1cc(Nc2ccc(Br)c(OC)c2)n2ncnc2n1. The molecule has 1 N–H and O–H groups in total. The average molecular weight is 348 g/mol. The summed E-state index contributed by atoms with van der Waals surface area (Å²) >= 11 is 3.44. The maximum atomic E-state index is 5.31. The number of anilines is 2. The number of rotatable bonds is 4. The lowest BCUT2D eigenvalue weighted by molar-refractivity contribution is 0.412. The summed E-state index contributed by atoms with van der Waals surface area (Å²) in [6.07, 6.45) is 2.33. The van der Waals surface area contributed by atoms with Crippen LogP contribution < -0.4 is 10.1 Å². The normalized spacial score (nSPS) is 10.8. The molecule has 21 heavy (non-hydrogen) atoms. The fourth-order valence-electron chi connectivity index (χ4n) is 2.02. The van der Waals surface area contributed by atoms with Gasteiger partial charge in [-0.15, -0.1) is 0 Å². The molecule has 1 aromatic carbocycles. The molecule has 2 heterocycles. The van der Waals surface area contributed by atoms with Crippen molar-refractivity contribution in [1.82, 2.24) is 19.6 Å². The molecule has 3 rings (SSSR count). The fourth-order valence-corrected chi connectivity index (χ4v) is 2.43. The molecule has 6 nitrogen and oxygen atoms in total. The predicted octanol–water partition coefficient (Wildman–Crippen LogP) is 3.20. The highest BCUT2D eigenvalue weighted by atomic mass is 79.9. The number of hydrogen-bond donors (Lipinski definition) is 1. The molecule has 0 radical (unpaired) electrons. The fraction of sp³-hybridized carbons (Fsp3) is 0.214. The van der Waals surface area contributed by atoms with Crippen molar-refractivity contribution in [3.05, 3.63) is 40.8 Å². The van der Waals surface area contributed by atoms with Crippen molar-refractivity contribution in [3.8, 4) is 5.75 Å². The third kappa shape index (κ3) is 2.69. The number of ether oxygens (including phenoxy) is 1.